The number of anilines is 1. The van der Waals surface area contributed by atoms with Gasteiger partial charge in [-0.05, 0) is 32.4 Å². The Kier molecular flexibility index (Phi) is 6.15. The maximum atomic E-state index is 12.3. The third-order valence-corrected chi connectivity index (χ3v) is 2.87. The van der Waals surface area contributed by atoms with Crippen LogP contribution >= 0.6 is 0 Å². The van der Waals surface area contributed by atoms with Gasteiger partial charge < -0.3 is 15.8 Å². The number of hydrogen-bond donors (Lipinski definition) is 3. The first-order chi connectivity index (χ1) is 11.1. The van der Waals surface area contributed by atoms with E-state index in [-0.39, 0.29) is 23.0 Å². The first-order valence-electron chi connectivity index (χ1n) is 6.83. The number of rotatable bonds is 3. The third-order valence-electron chi connectivity index (χ3n) is 2.87. The highest BCUT2D eigenvalue weighted by Gasteiger charge is 2.41. The molecule has 7 nitrogen and oxygen atoms in total. The average Bonchev–Trinajstić information content (AvgIpc) is 2.45. The van der Waals surface area contributed by atoms with Gasteiger partial charge in [-0.25, -0.2) is 9.59 Å². The lowest BCUT2D eigenvalue weighted by molar-refractivity contribution is -0.189. The molecule has 1 aromatic carbocycles. The molecule has 1 rings (SSSR count). The van der Waals surface area contributed by atoms with Crippen molar-refractivity contribution in [1.82, 2.24) is 5.32 Å². The van der Waals surface area contributed by atoms with Crippen LogP contribution in [0, 0.1) is 13.8 Å². The van der Waals surface area contributed by atoms with Crippen molar-refractivity contribution in [2.45, 2.75) is 26.9 Å². The molecule has 2 amide bonds. The quantitative estimate of drug-likeness (QED) is 0.338. The van der Waals surface area contributed by atoms with Crippen LogP contribution in [-0.2, 0) is 4.79 Å². The van der Waals surface area contributed by atoms with Crippen LogP contribution in [0.5, 0.6) is 5.75 Å². The summed E-state index contributed by atoms with van der Waals surface area (Å²) < 4.78 is 41.2. The Morgan fingerprint density at radius 3 is 2.46 bits per heavy atom. The molecule has 132 valence electrons. The number of esters is 1. The van der Waals surface area contributed by atoms with Crippen molar-refractivity contribution in [2.24, 2.45) is 10.7 Å². The largest absolute Gasteiger partial charge is 0.491 e. The smallest absolute Gasteiger partial charge is 0.420 e. The van der Waals surface area contributed by atoms with Crippen LogP contribution in [-0.4, -0.2) is 30.7 Å². The summed E-state index contributed by atoms with van der Waals surface area (Å²) in [6.45, 7) is 5.12. The lowest BCUT2D eigenvalue weighted by atomic mass is 10.1. The molecule has 0 bridgehead atoms. The fourth-order valence-electron chi connectivity index (χ4n) is 1.76. The molecule has 0 radical (unpaired) electrons. The number of guanidine groups is 1. The predicted molar refractivity (Wildman–Crippen MR) is 81.9 cm³/mol. The second-order valence-corrected chi connectivity index (χ2v) is 4.71. The molecular formula is C14H17F3N4O3. The van der Waals surface area contributed by atoms with E-state index >= 15 is 0 Å². The highest BCUT2D eigenvalue weighted by molar-refractivity contribution is 6.02. The molecule has 0 aliphatic carbocycles. The Balaban J connectivity index is 3.00. The second-order valence-electron chi connectivity index (χ2n) is 4.71. The number of amides is 2. The summed E-state index contributed by atoms with van der Waals surface area (Å²) in [6, 6.07) is 1.89. The van der Waals surface area contributed by atoms with Gasteiger partial charge >= 0.3 is 18.2 Å². The Bertz CT molecular complexity index is 672. The van der Waals surface area contributed by atoms with E-state index in [4.69, 9.17) is 5.73 Å². The Hall–Kier alpha value is -2.78. The van der Waals surface area contributed by atoms with Crippen LogP contribution in [0.3, 0.4) is 0 Å². The van der Waals surface area contributed by atoms with E-state index in [1.54, 1.807) is 13.8 Å². The van der Waals surface area contributed by atoms with E-state index in [1.807, 2.05) is 0 Å². The lowest BCUT2D eigenvalue weighted by Gasteiger charge is -2.16. The molecule has 4 N–H and O–H groups in total. The summed E-state index contributed by atoms with van der Waals surface area (Å²) in [5.41, 5.74) is 6.36. The number of nitrogens with two attached hydrogens (primary N) is 1. The number of ether oxygens (including phenoxy) is 1. The molecule has 0 aliphatic rings. The zero-order valence-corrected chi connectivity index (χ0v) is 13.2. The number of alkyl halides is 3. The third kappa shape index (κ3) is 5.14. The number of halogens is 3. The van der Waals surface area contributed by atoms with Crippen molar-refractivity contribution >= 4 is 23.6 Å². The standard InChI is InChI=1S/C14H17F3N4O3/c1-4-19-12(18)21-13(23)20-10-7(2)5-6-9(8(10)3)24-11(22)14(15,16)17/h5-6H,4H2,1-3H3,(H4,18,19,20,21,23). The second kappa shape index (κ2) is 7.66. The minimum Gasteiger partial charge on any atom is -0.420 e. The minimum atomic E-state index is -5.12. The Labute approximate surface area is 136 Å². The molecule has 1 aromatic rings. The lowest BCUT2D eigenvalue weighted by Crippen LogP contribution is -2.40. The summed E-state index contributed by atoms with van der Waals surface area (Å²) >= 11 is 0. The van der Waals surface area contributed by atoms with E-state index in [2.05, 4.69) is 20.4 Å². The molecular weight excluding hydrogens is 329 g/mol. The first kappa shape index (κ1) is 19.3. The van der Waals surface area contributed by atoms with E-state index in [0.717, 1.165) is 0 Å². The molecule has 0 aromatic heterocycles. The van der Waals surface area contributed by atoms with E-state index in [0.29, 0.717) is 12.1 Å². The number of hydrogen-bond acceptors (Lipinski definition) is 4. The molecule has 0 fully saturated rings. The SMILES string of the molecule is CCN=C(N)NC(=O)Nc1c(C)ccc(OC(=O)C(F)(F)F)c1C. The van der Waals surface area contributed by atoms with Crippen LogP contribution in [0.15, 0.2) is 17.1 Å². The van der Waals surface area contributed by atoms with Crippen LogP contribution in [0.4, 0.5) is 23.7 Å². The fourth-order valence-corrected chi connectivity index (χ4v) is 1.76. The predicted octanol–water partition coefficient (Wildman–Crippen LogP) is 2.23. The number of nitrogens with one attached hydrogen (secondary N) is 2. The zero-order chi connectivity index (χ0) is 18.5. The number of carbonyl (C=O) groups is 2. The molecule has 0 saturated carbocycles. The van der Waals surface area contributed by atoms with Gasteiger partial charge in [-0.1, -0.05) is 6.07 Å². The zero-order valence-electron chi connectivity index (χ0n) is 13.2. The monoisotopic (exact) mass is 346 g/mol. The van der Waals surface area contributed by atoms with Gasteiger partial charge in [0.2, 0.25) is 0 Å². The van der Waals surface area contributed by atoms with Gasteiger partial charge in [0.05, 0.1) is 5.69 Å². The van der Waals surface area contributed by atoms with Crippen molar-refractivity contribution in [2.75, 3.05) is 11.9 Å². The summed E-state index contributed by atoms with van der Waals surface area (Å²) in [5, 5.41) is 4.69. The molecule has 24 heavy (non-hydrogen) atoms. The first-order valence-corrected chi connectivity index (χ1v) is 6.83. The molecule has 10 heteroatoms. The van der Waals surface area contributed by atoms with Gasteiger partial charge in [0.25, 0.3) is 0 Å². The van der Waals surface area contributed by atoms with E-state index in [9.17, 15) is 22.8 Å². The van der Waals surface area contributed by atoms with Crippen molar-refractivity contribution in [3.05, 3.63) is 23.3 Å². The normalized spacial score (nSPS) is 11.8. The van der Waals surface area contributed by atoms with Gasteiger partial charge in [-0.2, -0.15) is 13.2 Å². The number of nitrogens with zero attached hydrogens (tertiary/aromatic N) is 1. The van der Waals surface area contributed by atoms with Crippen LogP contribution in [0.25, 0.3) is 0 Å². The average molecular weight is 346 g/mol. The molecule has 0 aliphatic heterocycles. The fraction of sp³-hybridized carbons (Fsp3) is 0.357. The molecule has 0 heterocycles. The summed E-state index contributed by atoms with van der Waals surface area (Å²) in [6.07, 6.45) is -5.12. The van der Waals surface area contributed by atoms with Crippen molar-refractivity contribution in [1.29, 1.82) is 0 Å². The molecule has 0 spiro atoms. The molecule has 0 saturated heterocycles. The van der Waals surface area contributed by atoms with Crippen molar-refractivity contribution in [3.63, 3.8) is 0 Å². The van der Waals surface area contributed by atoms with Crippen LogP contribution in [0.1, 0.15) is 18.1 Å². The summed E-state index contributed by atoms with van der Waals surface area (Å²) in [4.78, 5) is 26.5. The number of aliphatic imine (C=N–C) groups is 1. The Morgan fingerprint density at radius 2 is 1.92 bits per heavy atom. The maximum Gasteiger partial charge on any atom is 0.491 e. The van der Waals surface area contributed by atoms with E-state index < -0.39 is 18.2 Å². The van der Waals surface area contributed by atoms with E-state index in [1.165, 1.54) is 19.1 Å². The van der Waals surface area contributed by atoms with Gasteiger partial charge in [0.15, 0.2) is 5.96 Å². The van der Waals surface area contributed by atoms with Crippen molar-refractivity contribution in [3.8, 4) is 5.75 Å². The molecule has 0 atom stereocenters. The van der Waals surface area contributed by atoms with Crippen LogP contribution < -0.4 is 21.1 Å². The van der Waals surface area contributed by atoms with Gasteiger partial charge in [-0.15, -0.1) is 0 Å². The summed E-state index contributed by atoms with van der Waals surface area (Å²) in [7, 11) is 0. The highest BCUT2D eigenvalue weighted by Crippen LogP contribution is 2.30. The topological polar surface area (TPSA) is 106 Å². The maximum absolute atomic E-state index is 12.3. The summed E-state index contributed by atoms with van der Waals surface area (Å²) in [5.74, 6) is -2.76. The number of aryl methyl sites for hydroxylation is 1. The van der Waals surface area contributed by atoms with Gasteiger partial charge in [-0.3, -0.25) is 10.3 Å². The number of urea groups is 1. The number of benzene rings is 1. The Morgan fingerprint density at radius 1 is 1.29 bits per heavy atom. The molecule has 0 unspecified atom stereocenters. The van der Waals surface area contributed by atoms with Crippen LogP contribution in [0.2, 0.25) is 0 Å². The van der Waals surface area contributed by atoms with Crippen molar-refractivity contribution < 1.29 is 27.5 Å². The number of carbonyl (C=O) groups excluding carboxylic acids is 2. The van der Waals surface area contributed by atoms with Gasteiger partial charge in [0.1, 0.15) is 5.75 Å². The van der Waals surface area contributed by atoms with Gasteiger partial charge in [0, 0.05) is 12.1 Å². The minimum absolute atomic E-state index is 0.107. The highest BCUT2D eigenvalue weighted by atomic mass is 19.4.